The monoisotopic (exact) mass is 895 g/mol. The third-order valence-electron chi connectivity index (χ3n) is 9.25. The summed E-state index contributed by atoms with van der Waals surface area (Å²) in [5, 5.41) is 3.88. The number of carbonyl (C=O) groups excluding carboxylic acids is 3. The van der Waals surface area contributed by atoms with E-state index in [9.17, 15) is 14.4 Å². The summed E-state index contributed by atoms with van der Waals surface area (Å²) in [6.07, 6.45) is 5.92. The van der Waals surface area contributed by atoms with Crippen LogP contribution in [0.1, 0.15) is 71.3 Å². The minimum atomic E-state index is -0.211. The average Bonchev–Trinajstić information content (AvgIpc) is 3.72. The van der Waals surface area contributed by atoms with Crippen LogP contribution in [0.4, 0.5) is 0 Å². The molecule has 286 valence electrons. The maximum Gasteiger partial charge on any atom is 0.302 e. The number of Topliss-reactive ketones (excluding diaryl/α,β-unsaturated/α-hetero) is 2. The molecule has 0 fully saturated rings. The van der Waals surface area contributed by atoms with Crippen molar-refractivity contribution in [3.05, 3.63) is 152 Å². The summed E-state index contributed by atoms with van der Waals surface area (Å²) in [4.78, 5) is 42.0. The summed E-state index contributed by atoms with van der Waals surface area (Å²) in [7, 11) is 0. The van der Waals surface area contributed by atoms with Crippen molar-refractivity contribution in [1.29, 1.82) is 0 Å². The molecule has 54 heavy (non-hydrogen) atoms. The summed E-state index contributed by atoms with van der Waals surface area (Å²) >= 11 is 24.9. The standard InChI is InChI=1S/C19H15Cl2NO.C19H13Cl2NO.C4H8O2.CH3.Pd.H2/c2*20-14-8-9-15-16(17(14)21)13-7-6-12(19(23)18(13)22-15)10-11-4-2-1-3-5-11;1-3-6-4(2)5;;;/h1-5,8-9,12,22H,6-7,10H2;1-5,8-10,22H,6-7H2;3H2,1-2H3;1H3;;1H/q;;;-1;;/b;12-10-;;;;. The number of ether oxygens (including phenoxy) is 1. The molecule has 4 aromatic carbocycles. The van der Waals surface area contributed by atoms with E-state index in [0.29, 0.717) is 44.5 Å². The molecule has 8 rings (SSSR count). The number of esters is 1. The number of hydrogen-bond donors (Lipinski definition) is 2. The molecular formula is C43H41Cl4N2O4Pd-. The van der Waals surface area contributed by atoms with Crippen LogP contribution in [0.15, 0.2) is 90.5 Å². The van der Waals surface area contributed by atoms with Gasteiger partial charge in [0.25, 0.3) is 0 Å². The fourth-order valence-electron chi connectivity index (χ4n) is 6.85. The summed E-state index contributed by atoms with van der Waals surface area (Å²) in [6, 6.07) is 27.3. The van der Waals surface area contributed by atoms with E-state index in [1.807, 2.05) is 66.7 Å². The number of carbonyl (C=O) groups is 3. The van der Waals surface area contributed by atoms with E-state index in [1.54, 1.807) is 19.1 Å². The molecule has 6 nitrogen and oxygen atoms in total. The molecule has 0 radical (unpaired) electrons. The first kappa shape index (κ1) is 43.1. The molecule has 2 aliphatic rings. The van der Waals surface area contributed by atoms with Gasteiger partial charge in [0.1, 0.15) is 0 Å². The van der Waals surface area contributed by atoms with E-state index >= 15 is 0 Å². The number of aromatic amines is 2. The Kier molecular flexibility index (Phi) is 15.4. The number of fused-ring (bicyclic) bond motifs is 6. The maximum atomic E-state index is 12.9. The van der Waals surface area contributed by atoms with Crippen molar-refractivity contribution in [2.45, 2.75) is 46.0 Å². The predicted molar refractivity (Wildman–Crippen MR) is 221 cm³/mol. The van der Waals surface area contributed by atoms with Crippen molar-refractivity contribution in [2.24, 2.45) is 5.92 Å². The van der Waals surface area contributed by atoms with Crippen LogP contribution in [0.25, 0.3) is 27.9 Å². The van der Waals surface area contributed by atoms with E-state index in [-0.39, 0.29) is 52.7 Å². The molecule has 0 spiro atoms. The average molecular weight is 898 g/mol. The van der Waals surface area contributed by atoms with Crippen LogP contribution in [0, 0.1) is 13.3 Å². The van der Waals surface area contributed by atoms with E-state index in [0.717, 1.165) is 69.8 Å². The molecule has 0 saturated heterocycles. The minimum Gasteiger partial charge on any atom is -0.466 e. The largest absolute Gasteiger partial charge is 0.466 e. The number of rotatable bonds is 4. The molecule has 0 amide bonds. The second-order valence-electron chi connectivity index (χ2n) is 12.6. The molecule has 0 saturated carbocycles. The van der Waals surface area contributed by atoms with Crippen LogP contribution in [0.2, 0.25) is 20.1 Å². The summed E-state index contributed by atoms with van der Waals surface area (Å²) in [6.45, 7) is 3.65. The molecule has 2 heterocycles. The van der Waals surface area contributed by atoms with Gasteiger partial charge in [0.15, 0.2) is 5.78 Å². The van der Waals surface area contributed by atoms with E-state index in [4.69, 9.17) is 46.4 Å². The first-order valence-electron chi connectivity index (χ1n) is 17.1. The van der Waals surface area contributed by atoms with E-state index < -0.39 is 0 Å². The molecule has 1 unspecified atom stereocenters. The quantitative estimate of drug-likeness (QED) is 0.0798. The topological polar surface area (TPSA) is 92.0 Å². The van der Waals surface area contributed by atoms with Gasteiger partial charge in [-0.05, 0) is 91.6 Å². The molecule has 1 atom stereocenters. The fourth-order valence-corrected chi connectivity index (χ4v) is 7.72. The molecule has 0 bridgehead atoms. The van der Waals surface area contributed by atoms with Gasteiger partial charge in [-0.15, -0.1) is 0 Å². The molecule has 6 aromatic rings. The Morgan fingerprint density at radius 1 is 0.778 bits per heavy atom. The molecule has 2 aromatic heterocycles. The molecular weight excluding hydrogens is 857 g/mol. The zero-order valence-corrected chi connectivity index (χ0v) is 34.5. The van der Waals surface area contributed by atoms with Gasteiger partial charge in [-0.1, -0.05) is 107 Å². The van der Waals surface area contributed by atoms with Gasteiger partial charge in [0.05, 0.1) is 38.1 Å². The minimum absolute atomic E-state index is 0. The number of hydrogen-bond acceptors (Lipinski definition) is 4. The molecule has 2 aliphatic carbocycles. The van der Waals surface area contributed by atoms with Gasteiger partial charge in [-0.2, -0.15) is 0 Å². The second-order valence-corrected chi connectivity index (χ2v) is 14.2. The van der Waals surface area contributed by atoms with Crippen LogP contribution in [-0.4, -0.2) is 34.1 Å². The SMILES string of the molecule is CCOC(C)=O.O=C1/C(=C\c2ccccc2)CCc2c1[nH]c1ccc(Cl)c(Cl)c21.O=C1c2[nH]c3ccc(Cl)c(Cl)c3c2CCC1Cc1ccccc1.[CH3-].[HH].[Pd]. The number of halogens is 4. The Labute approximate surface area is 350 Å². The number of aryl methyl sites for hydroxylation is 2. The van der Waals surface area contributed by atoms with Crippen molar-refractivity contribution < 1.29 is 41.0 Å². The number of allylic oxidation sites excluding steroid dienone is 1. The smallest absolute Gasteiger partial charge is 0.302 e. The van der Waals surface area contributed by atoms with Crippen LogP contribution in [0.5, 0.6) is 0 Å². The van der Waals surface area contributed by atoms with Gasteiger partial charge in [-0.25, -0.2) is 0 Å². The summed E-state index contributed by atoms with van der Waals surface area (Å²) < 4.78 is 4.40. The Hall–Kier alpha value is -3.67. The summed E-state index contributed by atoms with van der Waals surface area (Å²) in [5.74, 6) is 0.0293. The zero-order valence-electron chi connectivity index (χ0n) is 29.9. The van der Waals surface area contributed by atoms with Crippen LogP contribution in [0.3, 0.4) is 0 Å². The number of nitrogens with one attached hydrogen (secondary N) is 2. The zero-order chi connectivity index (χ0) is 36.9. The fraction of sp³-hybridized carbons (Fsp3) is 0.209. The molecule has 2 N–H and O–H groups in total. The van der Waals surface area contributed by atoms with Crippen LogP contribution < -0.4 is 0 Å². The van der Waals surface area contributed by atoms with Crippen LogP contribution >= 0.6 is 46.4 Å². The predicted octanol–water partition coefficient (Wildman–Crippen LogP) is 12.4. The Bertz CT molecular complexity index is 2320. The number of aromatic nitrogens is 2. The number of ketones is 2. The van der Waals surface area contributed by atoms with Gasteiger partial charge in [0.2, 0.25) is 5.78 Å². The van der Waals surface area contributed by atoms with Gasteiger partial charge in [0, 0.05) is 62.1 Å². The van der Waals surface area contributed by atoms with Crippen molar-refractivity contribution in [3.8, 4) is 0 Å². The first-order chi connectivity index (χ1) is 25.1. The van der Waals surface area contributed by atoms with Crippen molar-refractivity contribution >= 4 is 91.8 Å². The van der Waals surface area contributed by atoms with Crippen molar-refractivity contribution in [1.82, 2.24) is 9.97 Å². The normalized spacial score (nSPS) is 15.1. The third kappa shape index (κ3) is 9.40. The maximum absolute atomic E-state index is 12.9. The van der Waals surface area contributed by atoms with Gasteiger partial charge >= 0.3 is 5.97 Å². The second kappa shape index (κ2) is 19.3. The Morgan fingerprint density at radius 2 is 1.31 bits per heavy atom. The van der Waals surface area contributed by atoms with Gasteiger partial charge in [-0.3, -0.25) is 14.4 Å². The van der Waals surface area contributed by atoms with Crippen molar-refractivity contribution in [2.75, 3.05) is 6.61 Å². The molecule has 0 aliphatic heterocycles. The van der Waals surface area contributed by atoms with Crippen molar-refractivity contribution in [3.63, 3.8) is 0 Å². The van der Waals surface area contributed by atoms with E-state index in [2.05, 4.69) is 26.8 Å². The Balaban J connectivity index is 0.000000246. The third-order valence-corrected chi connectivity index (χ3v) is 10.9. The van der Waals surface area contributed by atoms with Gasteiger partial charge < -0.3 is 22.1 Å². The van der Waals surface area contributed by atoms with E-state index in [1.165, 1.54) is 12.5 Å². The number of benzene rings is 4. The number of H-pyrrole nitrogens is 2. The van der Waals surface area contributed by atoms with Crippen LogP contribution in [-0.2, 0) is 49.2 Å². The molecule has 11 heteroatoms. The summed E-state index contributed by atoms with van der Waals surface area (Å²) in [5.41, 5.74) is 8.13. The first-order valence-corrected chi connectivity index (χ1v) is 18.6. The Morgan fingerprint density at radius 3 is 1.85 bits per heavy atom.